The molecule has 0 saturated heterocycles. The van der Waals surface area contributed by atoms with Gasteiger partial charge in [0, 0.05) is 0 Å². The van der Waals surface area contributed by atoms with E-state index >= 15 is 0 Å². The zero-order valence-corrected chi connectivity index (χ0v) is 19.5. The minimum atomic E-state index is -8.81. The zero-order valence-electron chi connectivity index (χ0n) is 14.7. The van der Waals surface area contributed by atoms with Gasteiger partial charge >= 0.3 is 97.9 Å². The summed E-state index contributed by atoms with van der Waals surface area (Å²) in [6.45, 7) is 0. The smallest absolute Gasteiger partial charge is 0.425 e. The van der Waals surface area contributed by atoms with E-state index in [4.69, 9.17) is 0 Å². The van der Waals surface area contributed by atoms with Crippen molar-refractivity contribution in [3.63, 3.8) is 0 Å². The third-order valence-corrected chi connectivity index (χ3v) is 6.45. The number of alkyl halides is 18. The summed E-state index contributed by atoms with van der Waals surface area (Å²) >= 11 is 0. The summed E-state index contributed by atoms with van der Waals surface area (Å²) in [5, 5.41) is -16.4. The number of halogens is 18. The van der Waals surface area contributed by atoms with Crippen molar-refractivity contribution in [2.45, 2.75) is 46.6 Å². The molecule has 0 amide bonds. The third-order valence-electron chi connectivity index (χ3n) is 3.08. The van der Waals surface area contributed by atoms with Gasteiger partial charge in [0.15, 0.2) is 20.0 Å². The molecule has 200 valence electrons. The molecule has 0 saturated carbocycles. The standard InChI is InChI=1S/C8F18NO4S2.K/c9-1(10,5(17,18)19)3(13,14)7(23,24)32(28,29)27-33(30,31)8(25,26)4(15,16)2(11,12)6(20,21)22;/q-1;+1. The molecule has 0 unspecified atom stereocenters. The van der Waals surface area contributed by atoms with Crippen LogP contribution in [0.5, 0.6) is 0 Å². The fourth-order valence-corrected chi connectivity index (χ4v) is 3.95. The van der Waals surface area contributed by atoms with Gasteiger partial charge in [0.25, 0.3) is 0 Å². The average Bonchev–Trinajstić information content (AvgIpc) is 2.50. The summed E-state index contributed by atoms with van der Waals surface area (Å²) < 4.78 is 269. The minimum absolute atomic E-state index is 0. The molecule has 0 aromatic carbocycles. The van der Waals surface area contributed by atoms with Crippen molar-refractivity contribution in [1.82, 2.24) is 0 Å². The topological polar surface area (TPSA) is 82.4 Å². The first-order valence-electron chi connectivity index (χ1n) is 6.34. The molecule has 0 fully saturated rings. The Balaban J connectivity index is 0. The predicted molar refractivity (Wildman–Crippen MR) is 63.0 cm³/mol. The maximum Gasteiger partial charge on any atom is 1.00 e. The first kappa shape index (κ1) is 36.4. The second kappa shape index (κ2) is 9.21. The van der Waals surface area contributed by atoms with Gasteiger partial charge in [-0.1, -0.05) is 0 Å². The van der Waals surface area contributed by atoms with Crippen molar-refractivity contribution in [3.05, 3.63) is 4.13 Å². The summed E-state index contributed by atoms with van der Waals surface area (Å²) in [6, 6.07) is 0. The minimum Gasteiger partial charge on any atom is -0.425 e. The number of nitrogens with zero attached hydrogens (tertiary/aromatic N) is 1. The SMILES string of the molecule is O=S(=O)([N-]S(=O)(=O)C(F)(F)C(F)(F)C(F)(F)C(F)(F)F)C(F)(F)C(F)(F)C(F)(F)C(F)(F)F.[K+]. The van der Waals surface area contributed by atoms with E-state index in [1.807, 2.05) is 0 Å². The van der Waals surface area contributed by atoms with Crippen molar-refractivity contribution in [2.75, 3.05) is 0 Å². The Bertz CT molecular complexity index is 887. The first-order valence-corrected chi connectivity index (χ1v) is 9.22. The molecule has 0 aliphatic heterocycles. The predicted octanol–water partition coefficient (Wildman–Crippen LogP) is 1.88. The largest absolute Gasteiger partial charge is 1.00 e. The summed E-state index contributed by atoms with van der Waals surface area (Å²) in [4.78, 5) is 0. The van der Waals surface area contributed by atoms with Gasteiger partial charge in [-0.3, -0.25) is 0 Å². The maximum atomic E-state index is 13.2. The van der Waals surface area contributed by atoms with Crippen LogP contribution >= 0.6 is 0 Å². The fourth-order valence-electron chi connectivity index (χ4n) is 1.27. The molecule has 0 N–H and O–H groups in total. The Morgan fingerprint density at radius 1 is 0.382 bits per heavy atom. The van der Waals surface area contributed by atoms with Crippen LogP contribution < -0.4 is 51.4 Å². The zero-order chi connectivity index (χ0) is 27.7. The Morgan fingerprint density at radius 2 is 0.559 bits per heavy atom. The molecule has 26 heteroatoms. The molecular weight excluding hydrogens is 619 g/mol. The van der Waals surface area contributed by atoms with Gasteiger partial charge in [-0.05, 0) is 0 Å². The molecule has 0 heterocycles. The molecular formula is C8F18KNO4S2. The first-order chi connectivity index (χ1) is 13.7. The molecule has 0 aromatic rings. The molecule has 34 heavy (non-hydrogen) atoms. The van der Waals surface area contributed by atoms with Crippen molar-refractivity contribution in [3.8, 4) is 0 Å². The maximum absolute atomic E-state index is 13.2. The van der Waals surface area contributed by atoms with Crippen LogP contribution in [0.2, 0.25) is 0 Å². The molecule has 0 spiro atoms. The average molecular weight is 619 g/mol. The van der Waals surface area contributed by atoms with E-state index in [1.165, 1.54) is 0 Å². The number of rotatable bonds is 8. The molecule has 0 aliphatic rings. The molecule has 0 aliphatic carbocycles. The van der Waals surface area contributed by atoms with Gasteiger partial charge in [0.2, 0.25) is 0 Å². The molecule has 0 atom stereocenters. The van der Waals surface area contributed by atoms with Gasteiger partial charge in [-0.25, -0.2) is 16.8 Å². The van der Waals surface area contributed by atoms with Crippen LogP contribution in [0.1, 0.15) is 0 Å². The molecule has 0 bridgehead atoms. The van der Waals surface area contributed by atoms with E-state index in [9.17, 15) is 95.9 Å². The van der Waals surface area contributed by atoms with Crippen molar-refractivity contribution < 1.29 is 147 Å². The van der Waals surface area contributed by atoms with Crippen molar-refractivity contribution in [1.29, 1.82) is 0 Å². The van der Waals surface area contributed by atoms with Crippen molar-refractivity contribution in [2.24, 2.45) is 0 Å². The van der Waals surface area contributed by atoms with Crippen LogP contribution in [0.4, 0.5) is 79.0 Å². The van der Waals surface area contributed by atoms with Gasteiger partial charge in [-0.15, -0.1) is 0 Å². The number of hydrogen-bond acceptors (Lipinski definition) is 4. The monoisotopic (exact) mass is 619 g/mol. The van der Waals surface area contributed by atoms with Crippen LogP contribution in [0.15, 0.2) is 0 Å². The Kier molecular flexibility index (Phi) is 9.86. The fraction of sp³-hybridized carbons (Fsp3) is 1.00. The second-order valence-electron chi connectivity index (χ2n) is 5.35. The van der Waals surface area contributed by atoms with Crippen LogP contribution in [-0.4, -0.2) is 63.4 Å². The van der Waals surface area contributed by atoms with Crippen LogP contribution in [-0.2, 0) is 20.0 Å². The van der Waals surface area contributed by atoms with Crippen LogP contribution in [0.25, 0.3) is 4.13 Å². The summed E-state index contributed by atoms with van der Waals surface area (Å²) in [5.41, 5.74) is 0. The van der Waals surface area contributed by atoms with E-state index in [0.717, 1.165) is 0 Å². The molecule has 5 nitrogen and oxygen atoms in total. The van der Waals surface area contributed by atoms with E-state index in [-0.39, 0.29) is 55.5 Å². The summed E-state index contributed by atoms with van der Waals surface area (Å²) in [6.07, 6.45) is -15.6. The van der Waals surface area contributed by atoms with Crippen LogP contribution in [0, 0.1) is 0 Å². The quantitative estimate of drug-likeness (QED) is 0.307. The normalized spacial score (nSPS) is 16.3. The second-order valence-corrected chi connectivity index (χ2v) is 8.87. The number of hydrogen-bond donors (Lipinski definition) is 0. The van der Waals surface area contributed by atoms with Gasteiger partial charge in [0.1, 0.15) is 0 Å². The number of sulfonamides is 2. The molecule has 0 aromatic heterocycles. The Morgan fingerprint density at radius 3 is 0.706 bits per heavy atom. The third kappa shape index (κ3) is 5.14. The van der Waals surface area contributed by atoms with Crippen molar-refractivity contribution >= 4 is 20.0 Å². The van der Waals surface area contributed by atoms with Gasteiger partial charge in [0.05, 0.1) is 0 Å². The Hall–Kier alpha value is 0.236. The summed E-state index contributed by atoms with van der Waals surface area (Å²) in [7, 11) is -17.6. The van der Waals surface area contributed by atoms with E-state index in [0.29, 0.717) is 0 Å². The van der Waals surface area contributed by atoms with Crippen LogP contribution in [0.3, 0.4) is 0 Å². The van der Waals surface area contributed by atoms with E-state index in [2.05, 4.69) is 0 Å². The summed E-state index contributed by atoms with van der Waals surface area (Å²) in [5.74, 6) is -33.0. The molecule has 0 rings (SSSR count). The van der Waals surface area contributed by atoms with Gasteiger partial charge in [-0.2, -0.15) is 79.0 Å². The van der Waals surface area contributed by atoms with E-state index < -0.39 is 66.6 Å². The Labute approximate surface area is 216 Å². The van der Waals surface area contributed by atoms with E-state index in [1.54, 1.807) is 0 Å². The molecule has 0 radical (unpaired) electrons. The van der Waals surface area contributed by atoms with Gasteiger partial charge < -0.3 is 4.13 Å².